The number of hydrogen-bond donors (Lipinski definition) is 2. The number of rotatable bonds is 1. The molecule has 0 fully saturated rings. The molecule has 0 radical (unpaired) electrons. The Morgan fingerprint density at radius 3 is 2.56 bits per heavy atom. The van der Waals surface area contributed by atoms with E-state index in [1.54, 1.807) is 6.20 Å². The Hall–Kier alpha value is -1.77. The van der Waals surface area contributed by atoms with Crippen molar-refractivity contribution in [2.75, 3.05) is 11.1 Å². The largest absolute Gasteiger partial charge is 0.398 e. The van der Waals surface area contributed by atoms with Gasteiger partial charge in [0.25, 0.3) is 0 Å². The number of aromatic nitrogens is 1. The van der Waals surface area contributed by atoms with Crippen LogP contribution in [0.3, 0.4) is 0 Å². The Morgan fingerprint density at radius 2 is 1.88 bits per heavy atom. The lowest BCUT2D eigenvalue weighted by molar-refractivity contribution is 0.631. The van der Waals surface area contributed by atoms with Gasteiger partial charge in [0.15, 0.2) is 0 Å². The summed E-state index contributed by atoms with van der Waals surface area (Å²) in [5, 5.41) is 5.50. The smallest absolute Gasteiger partial charge is 0.134 e. The number of nitrogens with zero attached hydrogens (tertiary/aromatic N) is 1. The van der Waals surface area contributed by atoms with Crippen molar-refractivity contribution in [3.05, 3.63) is 30.5 Å². The summed E-state index contributed by atoms with van der Waals surface area (Å²) in [5.41, 5.74) is 6.71. The Bertz CT molecular complexity index is 512. The molecule has 1 aromatic heterocycles. The second kappa shape index (κ2) is 3.67. The molecule has 3 heteroatoms. The van der Waals surface area contributed by atoms with E-state index in [2.05, 4.69) is 31.1 Å². The lowest BCUT2D eigenvalue weighted by Crippen LogP contribution is -2.26. The third-order valence-corrected chi connectivity index (χ3v) is 2.33. The predicted octanol–water partition coefficient (Wildman–Crippen LogP) is 3.03. The molecule has 2 rings (SSSR count). The molecular formula is C13H17N3. The lowest BCUT2D eigenvalue weighted by atomic mass is 10.1. The first-order chi connectivity index (χ1) is 7.47. The highest BCUT2D eigenvalue weighted by molar-refractivity contribution is 5.99. The van der Waals surface area contributed by atoms with E-state index in [1.165, 1.54) is 0 Å². The zero-order valence-corrected chi connectivity index (χ0v) is 9.91. The number of benzene rings is 1. The molecule has 0 amide bonds. The molecule has 0 aliphatic rings. The van der Waals surface area contributed by atoms with Crippen LogP contribution in [0.25, 0.3) is 10.8 Å². The van der Waals surface area contributed by atoms with Crippen molar-refractivity contribution < 1.29 is 0 Å². The first kappa shape index (κ1) is 10.7. The van der Waals surface area contributed by atoms with Crippen LogP contribution in [0.15, 0.2) is 30.5 Å². The highest BCUT2D eigenvalue weighted by atomic mass is 15.0. The molecule has 3 nitrogen and oxygen atoms in total. The highest BCUT2D eigenvalue weighted by Crippen LogP contribution is 2.27. The molecule has 2 aromatic rings. The van der Waals surface area contributed by atoms with Gasteiger partial charge in [-0.25, -0.2) is 4.98 Å². The summed E-state index contributed by atoms with van der Waals surface area (Å²) >= 11 is 0. The molecule has 16 heavy (non-hydrogen) atoms. The fraction of sp³-hybridized carbons (Fsp3) is 0.308. The SMILES string of the molecule is CC(C)(C)Nc1nccc2c(N)cccc12. The van der Waals surface area contributed by atoms with Gasteiger partial charge in [-0.1, -0.05) is 12.1 Å². The highest BCUT2D eigenvalue weighted by Gasteiger charge is 2.12. The fourth-order valence-corrected chi connectivity index (χ4v) is 1.69. The monoisotopic (exact) mass is 215 g/mol. The molecule has 0 unspecified atom stereocenters. The van der Waals surface area contributed by atoms with E-state index in [4.69, 9.17) is 5.73 Å². The topological polar surface area (TPSA) is 50.9 Å². The Kier molecular flexibility index (Phi) is 2.46. The van der Waals surface area contributed by atoms with E-state index < -0.39 is 0 Å². The van der Waals surface area contributed by atoms with E-state index >= 15 is 0 Å². The maximum atomic E-state index is 5.93. The number of nitrogen functional groups attached to an aromatic ring is 1. The molecule has 1 heterocycles. The van der Waals surface area contributed by atoms with E-state index in [0.29, 0.717) is 0 Å². The number of anilines is 2. The average molecular weight is 215 g/mol. The Balaban J connectivity index is 2.58. The molecular weight excluding hydrogens is 198 g/mol. The number of nitrogens with one attached hydrogen (secondary N) is 1. The molecule has 0 atom stereocenters. The second-order valence-electron chi connectivity index (χ2n) is 4.98. The van der Waals surface area contributed by atoms with Crippen LogP contribution in [0.1, 0.15) is 20.8 Å². The summed E-state index contributed by atoms with van der Waals surface area (Å²) in [6.07, 6.45) is 1.78. The molecule has 0 aliphatic heterocycles. The van der Waals surface area contributed by atoms with Crippen LogP contribution in [-0.2, 0) is 0 Å². The minimum Gasteiger partial charge on any atom is -0.398 e. The minimum absolute atomic E-state index is 0.00805. The van der Waals surface area contributed by atoms with Crippen molar-refractivity contribution in [3.8, 4) is 0 Å². The van der Waals surface area contributed by atoms with Crippen LogP contribution in [0, 0.1) is 0 Å². The zero-order chi connectivity index (χ0) is 11.8. The van der Waals surface area contributed by atoms with Crippen molar-refractivity contribution >= 4 is 22.3 Å². The number of pyridine rings is 1. The minimum atomic E-state index is -0.00805. The molecule has 0 bridgehead atoms. The summed E-state index contributed by atoms with van der Waals surface area (Å²) in [5.74, 6) is 0.886. The van der Waals surface area contributed by atoms with E-state index in [-0.39, 0.29) is 5.54 Å². The molecule has 1 aromatic carbocycles. The maximum absolute atomic E-state index is 5.93. The van der Waals surface area contributed by atoms with Crippen LogP contribution in [0.4, 0.5) is 11.5 Å². The van der Waals surface area contributed by atoms with Crippen LogP contribution < -0.4 is 11.1 Å². The zero-order valence-electron chi connectivity index (χ0n) is 9.91. The molecule has 0 aliphatic carbocycles. The molecule has 84 valence electrons. The summed E-state index contributed by atoms with van der Waals surface area (Å²) in [6.45, 7) is 6.33. The summed E-state index contributed by atoms with van der Waals surface area (Å²) in [7, 11) is 0. The van der Waals surface area contributed by atoms with Gasteiger partial charge < -0.3 is 11.1 Å². The Labute approximate surface area is 95.7 Å². The summed E-state index contributed by atoms with van der Waals surface area (Å²) < 4.78 is 0. The third-order valence-electron chi connectivity index (χ3n) is 2.33. The van der Waals surface area contributed by atoms with E-state index in [0.717, 1.165) is 22.3 Å². The summed E-state index contributed by atoms with van der Waals surface area (Å²) in [4.78, 5) is 4.37. The number of fused-ring (bicyclic) bond motifs is 1. The van der Waals surface area contributed by atoms with Gasteiger partial charge in [-0.05, 0) is 32.9 Å². The van der Waals surface area contributed by atoms with Gasteiger partial charge >= 0.3 is 0 Å². The van der Waals surface area contributed by atoms with Crippen molar-refractivity contribution in [1.82, 2.24) is 4.98 Å². The van der Waals surface area contributed by atoms with Crippen molar-refractivity contribution in [1.29, 1.82) is 0 Å². The van der Waals surface area contributed by atoms with Gasteiger partial charge in [0.05, 0.1) is 0 Å². The van der Waals surface area contributed by atoms with Gasteiger partial charge in [0, 0.05) is 28.2 Å². The molecule has 3 N–H and O–H groups in total. The maximum Gasteiger partial charge on any atom is 0.134 e. The lowest BCUT2D eigenvalue weighted by Gasteiger charge is -2.22. The standard InChI is InChI=1S/C13H17N3/c1-13(2,3)16-12-10-5-4-6-11(14)9(10)7-8-15-12/h4-8H,14H2,1-3H3,(H,15,16). The van der Waals surface area contributed by atoms with Crippen LogP contribution in [0.5, 0.6) is 0 Å². The van der Waals surface area contributed by atoms with Crippen LogP contribution >= 0.6 is 0 Å². The quantitative estimate of drug-likeness (QED) is 0.719. The second-order valence-corrected chi connectivity index (χ2v) is 4.98. The van der Waals surface area contributed by atoms with Crippen molar-refractivity contribution in [3.63, 3.8) is 0 Å². The van der Waals surface area contributed by atoms with Gasteiger partial charge in [-0.3, -0.25) is 0 Å². The van der Waals surface area contributed by atoms with Gasteiger partial charge in [0.1, 0.15) is 5.82 Å². The summed E-state index contributed by atoms with van der Waals surface area (Å²) in [6, 6.07) is 7.83. The van der Waals surface area contributed by atoms with E-state index in [1.807, 2.05) is 24.3 Å². The fourth-order valence-electron chi connectivity index (χ4n) is 1.69. The average Bonchev–Trinajstić information content (AvgIpc) is 2.17. The normalized spacial score (nSPS) is 11.7. The van der Waals surface area contributed by atoms with Crippen molar-refractivity contribution in [2.24, 2.45) is 0 Å². The number of nitrogens with two attached hydrogens (primary N) is 1. The van der Waals surface area contributed by atoms with Crippen LogP contribution in [0.2, 0.25) is 0 Å². The molecule has 0 saturated carbocycles. The molecule has 0 spiro atoms. The predicted molar refractivity (Wildman–Crippen MR) is 69.5 cm³/mol. The Morgan fingerprint density at radius 1 is 1.12 bits per heavy atom. The van der Waals surface area contributed by atoms with Gasteiger partial charge in [-0.15, -0.1) is 0 Å². The van der Waals surface area contributed by atoms with Crippen LogP contribution in [-0.4, -0.2) is 10.5 Å². The first-order valence-electron chi connectivity index (χ1n) is 5.39. The van der Waals surface area contributed by atoms with Crippen molar-refractivity contribution in [2.45, 2.75) is 26.3 Å². The third kappa shape index (κ3) is 2.08. The van der Waals surface area contributed by atoms with E-state index in [9.17, 15) is 0 Å². The molecule has 0 saturated heterocycles. The van der Waals surface area contributed by atoms with Gasteiger partial charge in [-0.2, -0.15) is 0 Å². The number of hydrogen-bond acceptors (Lipinski definition) is 3. The van der Waals surface area contributed by atoms with Gasteiger partial charge in [0.2, 0.25) is 0 Å². The first-order valence-corrected chi connectivity index (χ1v) is 5.39.